The number of hydrogen-bond acceptors (Lipinski definition) is 7. The molecule has 1 unspecified atom stereocenters. The van der Waals surface area contributed by atoms with Gasteiger partial charge in [0.15, 0.2) is 0 Å². The first-order valence-electron chi connectivity index (χ1n) is 13.6. The van der Waals surface area contributed by atoms with Gasteiger partial charge in [-0.3, -0.25) is 19.8 Å². The molecular formula is C30H38N4O4S. The van der Waals surface area contributed by atoms with Crippen molar-refractivity contribution in [3.05, 3.63) is 58.7 Å². The van der Waals surface area contributed by atoms with Gasteiger partial charge >= 0.3 is 5.97 Å². The number of rotatable bonds is 11. The second kappa shape index (κ2) is 13.2. The van der Waals surface area contributed by atoms with Gasteiger partial charge in [-0.2, -0.15) is 0 Å². The number of carbonyl (C=O) groups is 2. The number of likely N-dealkylation sites (tertiary alicyclic amines) is 1. The maximum Gasteiger partial charge on any atom is 0.306 e. The number of anilines is 1. The summed E-state index contributed by atoms with van der Waals surface area (Å²) in [6, 6.07) is 11.9. The monoisotopic (exact) mass is 550 g/mol. The molecule has 0 spiro atoms. The molecule has 1 aromatic heterocycles. The summed E-state index contributed by atoms with van der Waals surface area (Å²) in [5, 5.41) is 22.2. The molecule has 0 bridgehead atoms. The van der Waals surface area contributed by atoms with Crippen molar-refractivity contribution in [1.82, 2.24) is 15.1 Å². The van der Waals surface area contributed by atoms with E-state index in [1.165, 1.54) is 28.0 Å². The third-order valence-corrected chi connectivity index (χ3v) is 8.48. The van der Waals surface area contributed by atoms with Crippen molar-refractivity contribution in [2.75, 3.05) is 25.5 Å². The van der Waals surface area contributed by atoms with Gasteiger partial charge < -0.3 is 9.84 Å². The summed E-state index contributed by atoms with van der Waals surface area (Å²) in [6.07, 6.45) is 4.04. The first-order chi connectivity index (χ1) is 18.8. The SMILES string of the molecule is CCCCC(C(=O)Nc1nnc(-c2cc(C)c(CN3CCC(C(=O)O)CC3)c(C)c2)s1)c1ccccc1OC. The largest absolute Gasteiger partial charge is 0.496 e. The molecule has 1 aliphatic heterocycles. The van der Waals surface area contributed by atoms with Crippen LogP contribution in [0.1, 0.15) is 67.2 Å². The number of methoxy groups -OCH3 is 1. The quantitative estimate of drug-likeness (QED) is 0.300. The molecule has 0 saturated carbocycles. The predicted molar refractivity (Wildman–Crippen MR) is 154 cm³/mol. The number of aliphatic carboxylic acids is 1. The van der Waals surface area contributed by atoms with Crippen molar-refractivity contribution >= 4 is 28.3 Å². The number of para-hydroxylation sites is 1. The number of carboxylic acid groups (broad SMARTS) is 1. The molecule has 0 aliphatic carbocycles. The third-order valence-electron chi connectivity index (χ3n) is 7.59. The van der Waals surface area contributed by atoms with Crippen molar-refractivity contribution in [2.45, 2.75) is 65.3 Å². The molecule has 3 aromatic rings. The molecule has 2 aromatic carbocycles. The number of nitrogens with zero attached hydrogens (tertiary/aromatic N) is 3. The Morgan fingerprint density at radius 3 is 2.49 bits per heavy atom. The zero-order valence-corrected chi connectivity index (χ0v) is 24.0. The van der Waals surface area contributed by atoms with Gasteiger partial charge in [0.25, 0.3) is 0 Å². The fourth-order valence-corrected chi connectivity index (χ4v) is 6.03. The fourth-order valence-electron chi connectivity index (χ4n) is 5.30. The van der Waals surface area contributed by atoms with Gasteiger partial charge in [-0.05, 0) is 81.1 Å². The van der Waals surface area contributed by atoms with E-state index in [-0.39, 0.29) is 17.7 Å². The highest BCUT2D eigenvalue weighted by Crippen LogP contribution is 2.34. The van der Waals surface area contributed by atoms with Crippen molar-refractivity contribution in [1.29, 1.82) is 0 Å². The van der Waals surface area contributed by atoms with E-state index in [1.807, 2.05) is 24.3 Å². The summed E-state index contributed by atoms with van der Waals surface area (Å²) in [4.78, 5) is 27.0. The number of aryl methyl sites for hydroxylation is 2. The summed E-state index contributed by atoms with van der Waals surface area (Å²) in [7, 11) is 1.63. The van der Waals surface area contributed by atoms with Crippen LogP contribution >= 0.6 is 11.3 Å². The van der Waals surface area contributed by atoms with Crippen molar-refractivity contribution in [3.63, 3.8) is 0 Å². The molecule has 4 rings (SSSR count). The molecule has 39 heavy (non-hydrogen) atoms. The minimum absolute atomic E-state index is 0.106. The van der Waals surface area contributed by atoms with Crippen LogP contribution in [0.3, 0.4) is 0 Å². The number of carboxylic acids is 1. The van der Waals surface area contributed by atoms with E-state index in [9.17, 15) is 14.7 Å². The lowest BCUT2D eigenvalue weighted by Crippen LogP contribution is -2.36. The summed E-state index contributed by atoms with van der Waals surface area (Å²) < 4.78 is 5.53. The lowest BCUT2D eigenvalue weighted by Gasteiger charge is -2.31. The number of hydrogen-bond donors (Lipinski definition) is 2. The van der Waals surface area contributed by atoms with E-state index in [4.69, 9.17) is 4.74 Å². The topological polar surface area (TPSA) is 105 Å². The number of amides is 1. The minimum atomic E-state index is -0.685. The summed E-state index contributed by atoms with van der Waals surface area (Å²) >= 11 is 1.37. The summed E-state index contributed by atoms with van der Waals surface area (Å²) in [5.74, 6) is -0.642. The predicted octanol–water partition coefficient (Wildman–Crippen LogP) is 6.04. The molecule has 9 heteroatoms. The Bertz CT molecular complexity index is 1280. The molecule has 1 amide bonds. The second-order valence-corrected chi connectivity index (χ2v) is 11.3. The first-order valence-corrected chi connectivity index (χ1v) is 14.4. The average Bonchev–Trinajstić information content (AvgIpc) is 3.39. The number of piperidine rings is 1. The van der Waals surface area contributed by atoms with Crippen LogP contribution in [0.25, 0.3) is 10.6 Å². The van der Waals surface area contributed by atoms with Crippen molar-refractivity contribution < 1.29 is 19.4 Å². The van der Waals surface area contributed by atoms with Crippen LogP contribution in [0.15, 0.2) is 36.4 Å². The Balaban J connectivity index is 1.46. The zero-order valence-electron chi connectivity index (χ0n) is 23.2. The van der Waals surface area contributed by atoms with Crippen LogP contribution in [0.5, 0.6) is 5.75 Å². The normalized spacial score (nSPS) is 15.2. The Kier molecular flexibility index (Phi) is 9.69. The van der Waals surface area contributed by atoms with E-state index in [0.29, 0.717) is 23.7 Å². The third kappa shape index (κ3) is 7.02. The summed E-state index contributed by atoms with van der Waals surface area (Å²) in [5.41, 5.74) is 5.46. The highest BCUT2D eigenvalue weighted by Gasteiger charge is 2.26. The van der Waals surface area contributed by atoms with E-state index < -0.39 is 5.97 Å². The van der Waals surface area contributed by atoms with E-state index in [0.717, 1.165) is 55.0 Å². The van der Waals surface area contributed by atoms with Crippen LogP contribution in [0.2, 0.25) is 0 Å². The van der Waals surface area contributed by atoms with Crippen LogP contribution in [-0.4, -0.2) is 52.3 Å². The van der Waals surface area contributed by atoms with Gasteiger partial charge in [-0.25, -0.2) is 0 Å². The summed E-state index contributed by atoms with van der Waals surface area (Å²) in [6.45, 7) is 8.72. The van der Waals surface area contributed by atoms with Crippen LogP contribution in [0, 0.1) is 19.8 Å². The van der Waals surface area contributed by atoms with Gasteiger partial charge in [0.1, 0.15) is 10.8 Å². The van der Waals surface area contributed by atoms with Gasteiger partial charge in [0.2, 0.25) is 11.0 Å². The number of unbranched alkanes of at least 4 members (excludes halogenated alkanes) is 1. The van der Waals surface area contributed by atoms with Gasteiger partial charge in [-0.15, -0.1) is 10.2 Å². The molecule has 1 atom stereocenters. The molecular weight excluding hydrogens is 512 g/mol. The fraction of sp³-hybridized carbons (Fsp3) is 0.467. The van der Waals surface area contributed by atoms with Crippen molar-refractivity contribution in [3.8, 4) is 16.3 Å². The first kappa shape index (κ1) is 28.7. The molecule has 1 saturated heterocycles. The lowest BCUT2D eigenvalue weighted by molar-refractivity contribution is -0.143. The van der Waals surface area contributed by atoms with Crippen LogP contribution < -0.4 is 10.1 Å². The number of nitrogens with one attached hydrogen (secondary N) is 1. The van der Waals surface area contributed by atoms with E-state index >= 15 is 0 Å². The molecule has 8 nitrogen and oxygen atoms in total. The number of ether oxygens (including phenoxy) is 1. The highest BCUT2D eigenvalue weighted by atomic mass is 32.1. The number of benzene rings is 2. The van der Waals surface area contributed by atoms with Gasteiger partial charge in [0, 0.05) is 17.7 Å². The smallest absolute Gasteiger partial charge is 0.306 e. The standard InChI is InChI=1S/C30H38N4O4S/c1-5-6-9-24(23-10-7-8-11-26(23)38-4)27(35)31-30-33-32-28(39-30)22-16-19(2)25(20(3)17-22)18-34-14-12-21(13-15-34)29(36)37/h7-8,10-11,16-17,21,24H,5-6,9,12-15,18H2,1-4H3,(H,36,37)(H,31,33,35). The highest BCUT2D eigenvalue weighted by molar-refractivity contribution is 7.18. The Morgan fingerprint density at radius 1 is 1.15 bits per heavy atom. The lowest BCUT2D eigenvalue weighted by atomic mass is 9.92. The van der Waals surface area contributed by atoms with Gasteiger partial charge in [-0.1, -0.05) is 49.3 Å². The number of carbonyl (C=O) groups excluding carboxylic acids is 1. The molecule has 1 fully saturated rings. The van der Waals surface area contributed by atoms with E-state index in [1.54, 1.807) is 7.11 Å². The molecule has 2 N–H and O–H groups in total. The van der Waals surface area contributed by atoms with Crippen LogP contribution in [0.4, 0.5) is 5.13 Å². The molecule has 0 radical (unpaired) electrons. The van der Waals surface area contributed by atoms with Crippen LogP contribution in [-0.2, 0) is 16.1 Å². The molecule has 2 heterocycles. The maximum atomic E-state index is 13.4. The Hall–Kier alpha value is -3.30. The zero-order chi connectivity index (χ0) is 27.9. The van der Waals surface area contributed by atoms with Gasteiger partial charge in [0.05, 0.1) is 18.9 Å². The number of aromatic nitrogens is 2. The Labute approximate surface area is 234 Å². The maximum absolute atomic E-state index is 13.4. The van der Waals surface area contributed by atoms with Crippen molar-refractivity contribution in [2.24, 2.45) is 5.92 Å². The molecule has 1 aliphatic rings. The second-order valence-electron chi connectivity index (χ2n) is 10.3. The minimum Gasteiger partial charge on any atom is -0.496 e. The molecule has 208 valence electrons. The Morgan fingerprint density at radius 2 is 1.85 bits per heavy atom. The van der Waals surface area contributed by atoms with E-state index in [2.05, 4.69) is 53.3 Å². The average molecular weight is 551 g/mol.